The van der Waals surface area contributed by atoms with Crippen molar-refractivity contribution in [3.8, 4) is 11.5 Å². The minimum atomic E-state index is -0.961. The van der Waals surface area contributed by atoms with Crippen LogP contribution in [0.25, 0.3) is 6.08 Å². The second-order valence-corrected chi connectivity index (χ2v) is 7.80. The Morgan fingerprint density at radius 2 is 1.70 bits per heavy atom. The number of aliphatic carboxylic acids is 1. The maximum Gasteiger partial charge on any atom is 0.328 e. The van der Waals surface area contributed by atoms with E-state index in [9.17, 15) is 4.79 Å². The van der Waals surface area contributed by atoms with E-state index in [-0.39, 0.29) is 5.92 Å². The van der Waals surface area contributed by atoms with E-state index < -0.39 is 5.97 Å². The number of rotatable bonds is 12. The van der Waals surface area contributed by atoms with Gasteiger partial charge in [-0.3, -0.25) is 0 Å². The second-order valence-electron chi connectivity index (χ2n) is 7.80. The third kappa shape index (κ3) is 7.22. The summed E-state index contributed by atoms with van der Waals surface area (Å²) in [6.07, 6.45) is 4.85. The van der Waals surface area contributed by atoms with E-state index in [0.717, 1.165) is 48.7 Å². The smallest absolute Gasteiger partial charge is 0.328 e. The fourth-order valence-corrected chi connectivity index (χ4v) is 3.85. The summed E-state index contributed by atoms with van der Waals surface area (Å²) in [7, 11) is 3.26. The van der Waals surface area contributed by atoms with E-state index in [1.54, 1.807) is 20.3 Å². The molecule has 0 saturated heterocycles. The number of hydrogen-bond donors (Lipinski definition) is 2. The summed E-state index contributed by atoms with van der Waals surface area (Å²) in [4.78, 5) is 10.9. The van der Waals surface area contributed by atoms with Gasteiger partial charge in [-0.1, -0.05) is 60.7 Å². The Balaban J connectivity index is 1.78. The van der Waals surface area contributed by atoms with Crippen molar-refractivity contribution in [3.05, 3.63) is 101 Å². The van der Waals surface area contributed by atoms with Crippen LogP contribution in [0.3, 0.4) is 0 Å². The molecular weight excluding hydrogens is 414 g/mol. The predicted octanol–water partition coefficient (Wildman–Crippen LogP) is 5.16. The lowest BCUT2D eigenvalue weighted by Crippen LogP contribution is -2.24. The molecule has 0 aromatic heterocycles. The summed E-state index contributed by atoms with van der Waals surface area (Å²) in [5.41, 5.74) is 4.39. The Morgan fingerprint density at radius 1 is 0.939 bits per heavy atom. The van der Waals surface area contributed by atoms with E-state index in [1.165, 1.54) is 5.56 Å². The largest absolute Gasteiger partial charge is 0.493 e. The molecule has 1 atom stereocenters. The SMILES string of the molecule is COc1ccc(C(CNCCCc2ccccc2)c2cccc(C=CC(=O)O)c2)cc1OC. The first-order valence-corrected chi connectivity index (χ1v) is 11.1. The highest BCUT2D eigenvalue weighted by Crippen LogP contribution is 2.33. The van der Waals surface area contributed by atoms with Gasteiger partial charge in [0, 0.05) is 18.5 Å². The van der Waals surface area contributed by atoms with Crippen LogP contribution in [0.2, 0.25) is 0 Å². The zero-order valence-electron chi connectivity index (χ0n) is 19.2. The highest BCUT2D eigenvalue weighted by molar-refractivity contribution is 5.85. The number of methoxy groups -OCH3 is 2. The van der Waals surface area contributed by atoms with Gasteiger partial charge in [0.1, 0.15) is 0 Å². The van der Waals surface area contributed by atoms with E-state index in [0.29, 0.717) is 11.5 Å². The molecule has 33 heavy (non-hydrogen) atoms. The average molecular weight is 446 g/mol. The Hall–Kier alpha value is -3.57. The standard InChI is InChI=1S/C28H31NO4/c1-32-26-15-14-24(19-27(26)33-2)25(20-29-17-7-11-21-8-4-3-5-9-21)23-12-6-10-22(18-23)13-16-28(30)31/h3-6,8-10,12-16,18-19,25,29H,7,11,17,20H2,1-2H3,(H,30,31). The first-order chi connectivity index (χ1) is 16.1. The summed E-state index contributed by atoms with van der Waals surface area (Å²) in [6, 6.07) is 24.4. The third-order valence-electron chi connectivity index (χ3n) is 5.55. The van der Waals surface area contributed by atoms with Crippen LogP contribution in [-0.4, -0.2) is 38.4 Å². The Morgan fingerprint density at radius 3 is 2.42 bits per heavy atom. The molecule has 0 spiro atoms. The highest BCUT2D eigenvalue weighted by Gasteiger charge is 2.17. The molecule has 0 aliphatic heterocycles. The maximum atomic E-state index is 10.9. The van der Waals surface area contributed by atoms with Crippen LogP contribution in [-0.2, 0) is 11.2 Å². The number of carbonyl (C=O) groups is 1. The fourth-order valence-electron chi connectivity index (χ4n) is 3.85. The minimum Gasteiger partial charge on any atom is -0.493 e. The minimum absolute atomic E-state index is 0.0692. The molecular formula is C28H31NO4. The summed E-state index contributed by atoms with van der Waals surface area (Å²) in [6.45, 7) is 1.65. The van der Waals surface area contributed by atoms with Gasteiger partial charge in [-0.05, 0) is 59.8 Å². The zero-order chi connectivity index (χ0) is 23.5. The molecule has 3 rings (SSSR count). The molecule has 0 saturated carbocycles. The van der Waals surface area contributed by atoms with Crippen molar-refractivity contribution < 1.29 is 19.4 Å². The number of benzene rings is 3. The van der Waals surface area contributed by atoms with Crippen molar-refractivity contribution in [1.82, 2.24) is 5.32 Å². The lowest BCUT2D eigenvalue weighted by molar-refractivity contribution is -0.131. The number of aryl methyl sites for hydroxylation is 1. The van der Waals surface area contributed by atoms with Crippen LogP contribution < -0.4 is 14.8 Å². The molecule has 0 heterocycles. The molecule has 0 aliphatic rings. The first-order valence-electron chi connectivity index (χ1n) is 11.1. The van der Waals surface area contributed by atoms with Crippen molar-refractivity contribution in [3.63, 3.8) is 0 Å². The monoisotopic (exact) mass is 445 g/mol. The quantitative estimate of drug-likeness (QED) is 0.298. The summed E-state index contributed by atoms with van der Waals surface area (Å²) < 4.78 is 10.9. The van der Waals surface area contributed by atoms with E-state index in [2.05, 4.69) is 41.7 Å². The third-order valence-corrected chi connectivity index (χ3v) is 5.55. The molecule has 0 radical (unpaired) electrons. The summed E-state index contributed by atoms with van der Waals surface area (Å²) in [5.74, 6) is 0.483. The summed E-state index contributed by atoms with van der Waals surface area (Å²) in [5, 5.41) is 12.6. The number of nitrogens with one attached hydrogen (secondary N) is 1. The number of hydrogen-bond acceptors (Lipinski definition) is 4. The van der Waals surface area contributed by atoms with Crippen LogP contribution in [0.5, 0.6) is 11.5 Å². The van der Waals surface area contributed by atoms with Gasteiger partial charge in [0.2, 0.25) is 0 Å². The summed E-state index contributed by atoms with van der Waals surface area (Å²) >= 11 is 0. The van der Waals surface area contributed by atoms with Gasteiger partial charge in [-0.2, -0.15) is 0 Å². The highest BCUT2D eigenvalue weighted by atomic mass is 16.5. The molecule has 1 unspecified atom stereocenters. The lowest BCUT2D eigenvalue weighted by atomic mass is 9.89. The van der Waals surface area contributed by atoms with Crippen LogP contribution in [0.4, 0.5) is 0 Å². The van der Waals surface area contributed by atoms with Crippen molar-refractivity contribution >= 4 is 12.0 Å². The Bertz CT molecular complexity index is 1060. The van der Waals surface area contributed by atoms with Gasteiger partial charge in [0.15, 0.2) is 11.5 Å². The van der Waals surface area contributed by atoms with Gasteiger partial charge in [0.25, 0.3) is 0 Å². The van der Waals surface area contributed by atoms with Crippen molar-refractivity contribution in [2.75, 3.05) is 27.3 Å². The van der Waals surface area contributed by atoms with Crippen molar-refractivity contribution in [2.45, 2.75) is 18.8 Å². The van der Waals surface area contributed by atoms with Crippen molar-refractivity contribution in [2.24, 2.45) is 0 Å². The Kier molecular flexibility index (Phi) is 9.09. The number of carboxylic acid groups (broad SMARTS) is 1. The van der Waals surface area contributed by atoms with Crippen molar-refractivity contribution in [1.29, 1.82) is 0 Å². The lowest BCUT2D eigenvalue weighted by Gasteiger charge is -2.21. The van der Waals surface area contributed by atoms with Crippen LogP contribution >= 0.6 is 0 Å². The Labute approximate surface area is 195 Å². The zero-order valence-corrected chi connectivity index (χ0v) is 19.2. The molecule has 2 N–H and O–H groups in total. The van der Waals surface area contributed by atoms with Gasteiger partial charge in [0.05, 0.1) is 14.2 Å². The van der Waals surface area contributed by atoms with Gasteiger partial charge >= 0.3 is 5.97 Å². The molecule has 3 aromatic carbocycles. The molecule has 0 bridgehead atoms. The molecule has 0 amide bonds. The second kappa shape index (κ2) is 12.5. The van der Waals surface area contributed by atoms with Gasteiger partial charge < -0.3 is 19.9 Å². The molecule has 0 aliphatic carbocycles. The molecule has 3 aromatic rings. The topological polar surface area (TPSA) is 67.8 Å². The van der Waals surface area contributed by atoms with Crippen LogP contribution in [0, 0.1) is 0 Å². The molecule has 172 valence electrons. The van der Waals surface area contributed by atoms with Crippen LogP contribution in [0.1, 0.15) is 34.6 Å². The first kappa shape index (κ1) is 24.1. The molecule has 0 fully saturated rings. The van der Waals surface area contributed by atoms with E-state index in [4.69, 9.17) is 14.6 Å². The van der Waals surface area contributed by atoms with E-state index >= 15 is 0 Å². The van der Waals surface area contributed by atoms with Gasteiger partial charge in [-0.25, -0.2) is 4.79 Å². The number of ether oxygens (including phenoxy) is 2. The average Bonchev–Trinajstić information content (AvgIpc) is 2.85. The molecule has 5 nitrogen and oxygen atoms in total. The fraction of sp³-hybridized carbons (Fsp3) is 0.250. The molecule has 5 heteroatoms. The van der Waals surface area contributed by atoms with Gasteiger partial charge in [-0.15, -0.1) is 0 Å². The number of carboxylic acids is 1. The van der Waals surface area contributed by atoms with E-state index in [1.807, 2.05) is 36.4 Å². The maximum absolute atomic E-state index is 10.9. The normalized spacial score (nSPS) is 11.9. The van der Waals surface area contributed by atoms with Crippen LogP contribution in [0.15, 0.2) is 78.9 Å². The predicted molar refractivity (Wildman–Crippen MR) is 132 cm³/mol.